The number of carbonyl (C=O) groups is 1. The largest absolute Gasteiger partial charge is 0.452 e. The molecule has 0 saturated carbocycles. The quantitative estimate of drug-likeness (QED) is 0.594. The lowest BCUT2D eigenvalue weighted by atomic mass is 10.1. The molecule has 0 fully saturated rings. The van der Waals surface area contributed by atoms with Gasteiger partial charge in [-0.25, -0.2) is 9.52 Å². The molecule has 16 heavy (non-hydrogen) atoms. The molecule has 0 aromatic rings. The van der Waals surface area contributed by atoms with Crippen LogP contribution in [0.5, 0.6) is 0 Å². The van der Waals surface area contributed by atoms with Crippen LogP contribution in [0.4, 0.5) is 4.79 Å². The predicted molar refractivity (Wildman–Crippen MR) is 59.9 cm³/mol. The number of rotatable bonds is 6. The molecule has 8 heteroatoms. The highest BCUT2D eigenvalue weighted by molar-refractivity contribution is 7.88. The molecular weight excluding hydrogens is 234 g/mol. The van der Waals surface area contributed by atoms with Crippen LogP contribution in [0.2, 0.25) is 0 Å². The van der Waals surface area contributed by atoms with Crippen molar-refractivity contribution in [2.45, 2.75) is 26.3 Å². The van der Waals surface area contributed by atoms with Gasteiger partial charge in [0.2, 0.25) is 0 Å². The Labute approximate surface area is 95.9 Å². The SMILES string of the molecule is COC(=O)NS(=O)(=O)NCC(N)CC(C)C. The van der Waals surface area contributed by atoms with Crippen LogP contribution in [0.3, 0.4) is 0 Å². The Bertz CT molecular complexity index is 315. The summed E-state index contributed by atoms with van der Waals surface area (Å²) in [7, 11) is -2.80. The predicted octanol–water partition coefficient (Wildman–Crippen LogP) is -0.450. The third kappa shape index (κ3) is 7.43. The normalized spacial score (nSPS) is 13.6. The maximum absolute atomic E-state index is 11.2. The summed E-state index contributed by atoms with van der Waals surface area (Å²) >= 11 is 0. The van der Waals surface area contributed by atoms with Crippen LogP contribution in [0.25, 0.3) is 0 Å². The van der Waals surface area contributed by atoms with Crippen LogP contribution >= 0.6 is 0 Å². The zero-order valence-corrected chi connectivity index (χ0v) is 10.5. The van der Waals surface area contributed by atoms with E-state index < -0.39 is 16.3 Å². The minimum atomic E-state index is -3.88. The number of nitrogens with two attached hydrogens (primary N) is 1. The highest BCUT2D eigenvalue weighted by Crippen LogP contribution is 2.01. The molecule has 0 heterocycles. The first-order valence-electron chi connectivity index (χ1n) is 4.87. The van der Waals surface area contributed by atoms with E-state index in [1.54, 1.807) is 4.72 Å². The van der Waals surface area contributed by atoms with Gasteiger partial charge in [0.05, 0.1) is 7.11 Å². The van der Waals surface area contributed by atoms with E-state index >= 15 is 0 Å². The fourth-order valence-corrected chi connectivity index (χ4v) is 1.90. The number of amides is 1. The lowest BCUT2D eigenvalue weighted by molar-refractivity contribution is 0.177. The lowest BCUT2D eigenvalue weighted by Gasteiger charge is -2.14. The molecule has 96 valence electrons. The minimum Gasteiger partial charge on any atom is -0.452 e. The summed E-state index contributed by atoms with van der Waals surface area (Å²) in [6.45, 7) is 4.05. The first kappa shape index (κ1) is 15.1. The minimum absolute atomic E-state index is 0.0739. The third-order valence-electron chi connectivity index (χ3n) is 1.71. The van der Waals surface area contributed by atoms with E-state index in [-0.39, 0.29) is 12.6 Å². The molecule has 1 unspecified atom stereocenters. The van der Waals surface area contributed by atoms with Crippen molar-refractivity contribution in [3.8, 4) is 0 Å². The Morgan fingerprint density at radius 3 is 2.44 bits per heavy atom. The molecule has 0 saturated heterocycles. The average molecular weight is 253 g/mol. The number of methoxy groups -OCH3 is 1. The van der Waals surface area contributed by atoms with Crippen molar-refractivity contribution in [3.05, 3.63) is 0 Å². The molecule has 0 aromatic heterocycles. The van der Waals surface area contributed by atoms with Gasteiger partial charge in [-0.05, 0) is 12.3 Å². The van der Waals surface area contributed by atoms with Crippen LogP contribution in [0.1, 0.15) is 20.3 Å². The number of carbonyl (C=O) groups excluding carboxylic acids is 1. The Morgan fingerprint density at radius 1 is 1.44 bits per heavy atom. The van der Waals surface area contributed by atoms with Gasteiger partial charge in [0.25, 0.3) is 0 Å². The van der Waals surface area contributed by atoms with E-state index in [2.05, 4.69) is 9.46 Å². The van der Waals surface area contributed by atoms with E-state index in [1.165, 1.54) is 0 Å². The molecule has 1 atom stereocenters. The van der Waals surface area contributed by atoms with Crippen molar-refractivity contribution in [3.63, 3.8) is 0 Å². The molecule has 0 aliphatic rings. The lowest BCUT2D eigenvalue weighted by Crippen LogP contribution is -2.45. The molecular formula is C8H19N3O4S. The zero-order valence-electron chi connectivity index (χ0n) is 9.69. The summed E-state index contributed by atoms with van der Waals surface area (Å²) in [5.41, 5.74) is 5.67. The smallest absolute Gasteiger partial charge is 0.421 e. The molecule has 0 spiro atoms. The van der Waals surface area contributed by atoms with E-state index in [4.69, 9.17) is 5.73 Å². The Kier molecular flexibility index (Phi) is 6.31. The second-order valence-electron chi connectivity index (χ2n) is 3.84. The van der Waals surface area contributed by atoms with Gasteiger partial charge < -0.3 is 10.5 Å². The van der Waals surface area contributed by atoms with E-state index in [1.807, 2.05) is 13.8 Å². The van der Waals surface area contributed by atoms with Gasteiger partial charge in [0, 0.05) is 12.6 Å². The van der Waals surface area contributed by atoms with Crippen LogP contribution in [0.15, 0.2) is 0 Å². The number of ether oxygens (including phenoxy) is 1. The Balaban J connectivity index is 4.04. The van der Waals surface area contributed by atoms with Crippen LogP contribution in [-0.2, 0) is 14.9 Å². The molecule has 0 bridgehead atoms. The summed E-state index contributed by atoms with van der Waals surface area (Å²) in [6, 6.07) is -0.283. The summed E-state index contributed by atoms with van der Waals surface area (Å²) in [6.07, 6.45) is -0.342. The Hall–Kier alpha value is -0.860. The van der Waals surface area contributed by atoms with E-state index in [9.17, 15) is 13.2 Å². The monoisotopic (exact) mass is 253 g/mol. The summed E-state index contributed by atoms with van der Waals surface area (Å²) in [4.78, 5) is 10.7. The first-order valence-corrected chi connectivity index (χ1v) is 6.36. The van der Waals surface area contributed by atoms with E-state index in [0.717, 1.165) is 7.11 Å². The van der Waals surface area contributed by atoms with Gasteiger partial charge in [0.1, 0.15) is 0 Å². The Morgan fingerprint density at radius 2 is 2.00 bits per heavy atom. The highest BCUT2D eigenvalue weighted by atomic mass is 32.2. The molecule has 7 nitrogen and oxygen atoms in total. The van der Waals surface area contributed by atoms with Gasteiger partial charge in [-0.3, -0.25) is 0 Å². The van der Waals surface area contributed by atoms with Crippen molar-refractivity contribution in [1.82, 2.24) is 9.44 Å². The van der Waals surface area contributed by atoms with Crippen molar-refractivity contribution in [2.24, 2.45) is 11.7 Å². The standard InChI is InChI=1S/C8H19N3O4S/c1-6(2)4-7(9)5-10-16(13,14)11-8(12)15-3/h6-7,10H,4-5,9H2,1-3H3,(H,11,12). The third-order valence-corrected chi connectivity index (χ3v) is 2.69. The van der Waals surface area contributed by atoms with Crippen LogP contribution < -0.4 is 15.2 Å². The summed E-state index contributed by atoms with van der Waals surface area (Å²) in [5.74, 6) is 0.382. The number of hydrogen-bond donors (Lipinski definition) is 3. The zero-order chi connectivity index (χ0) is 12.8. The molecule has 0 aliphatic heterocycles. The molecule has 4 N–H and O–H groups in total. The van der Waals surface area contributed by atoms with Crippen LogP contribution in [0, 0.1) is 5.92 Å². The highest BCUT2D eigenvalue weighted by Gasteiger charge is 2.15. The maximum atomic E-state index is 11.2. The summed E-state index contributed by atoms with van der Waals surface area (Å²) < 4.78 is 30.4. The van der Waals surface area contributed by atoms with E-state index in [0.29, 0.717) is 12.3 Å². The molecule has 1 amide bonds. The summed E-state index contributed by atoms with van der Waals surface area (Å²) in [5, 5.41) is 0. The maximum Gasteiger partial charge on any atom is 0.421 e. The molecule has 0 rings (SSSR count). The van der Waals surface area contributed by atoms with Crippen molar-refractivity contribution in [1.29, 1.82) is 0 Å². The second-order valence-corrected chi connectivity index (χ2v) is 5.33. The van der Waals surface area contributed by atoms with Crippen LogP contribution in [-0.4, -0.2) is 34.2 Å². The number of nitrogens with one attached hydrogen (secondary N) is 2. The fourth-order valence-electron chi connectivity index (χ4n) is 1.09. The van der Waals surface area contributed by atoms with Gasteiger partial charge in [0.15, 0.2) is 0 Å². The first-order chi connectivity index (χ1) is 7.26. The van der Waals surface area contributed by atoms with Crippen molar-refractivity contribution in [2.75, 3.05) is 13.7 Å². The van der Waals surface area contributed by atoms with Gasteiger partial charge in [-0.15, -0.1) is 0 Å². The second kappa shape index (κ2) is 6.66. The number of hydrogen-bond acceptors (Lipinski definition) is 5. The van der Waals surface area contributed by atoms with Gasteiger partial charge >= 0.3 is 16.3 Å². The molecule has 0 aromatic carbocycles. The average Bonchev–Trinajstić information content (AvgIpc) is 2.13. The fraction of sp³-hybridized carbons (Fsp3) is 0.875. The molecule has 0 radical (unpaired) electrons. The molecule has 0 aliphatic carbocycles. The van der Waals surface area contributed by atoms with Crippen molar-refractivity contribution < 1.29 is 17.9 Å². The topological polar surface area (TPSA) is 111 Å². The van der Waals surface area contributed by atoms with Crippen molar-refractivity contribution >= 4 is 16.3 Å². The van der Waals surface area contributed by atoms with Gasteiger partial charge in [-0.1, -0.05) is 13.8 Å². The van der Waals surface area contributed by atoms with Gasteiger partial charge in [-0.2, -0.15) is 13.1 Å².